The van der Waals surface area contributed by atoms with E-state index < -0.39 is 6.10 Å². The van der Waals surface area contributed by atoms with Gasteiger partial charge in [-0.2, -0.15) is 0 Å². The Morgan fingerprint density at radius 3 is 2.81 bits per heavy atom. The Labute approximate surface area is 129 Å². The van der Waals surface area contributed by atoms with Crippen molar-refractivity contribution in [2.75, 3.05) is 7.11 Å². The predicted molar refractivity (Wildman–Crippen MR) is 79.4 cm³/mol. The van der Waals surface area contributed by atoms with Gasteiger partial charge in [0.05, 0.1) is 23.6 Å². The van der Waals surface area contributed by atoms with Crippen molar-refractivity contribution < 1.29 is 18.7 Å². The molecule has 0 spiro atoms. The standard InChI is InChI=1S/C16H12BrFO3/c1-20-10-3-4-11-14(19)8-15(21-16(11)7-10)9-2-5-12(17)13(18)6-9/h2-7,15H,8H2,1H3. The predicted octanol–water partition coefficient (Wildman–Crippen LogP) is 4.30. The van der Waals surface area contributed by atoms with Gasteiger partial charge in [-0.15, -0.1) is 0 Å². The summed E-state index contributed by atoms with van der Waals surface area (Å²) in [5, 5.41) is 0. The minimum absolute atomic E-state index is 0.0211. The van der Waals surface area contributed by atoms with E-state index in [1.807, 2.05) is 0 Å². The maximum Gasteiger partial charge on any atom is 0.170 e. The third-order valence-corrected chi connectivity index (χ3v) is 4.09. The van der Waals surface area contributed by atoms with E-state index in [1.54, 1.807) is 37.4 Å². The Hall–Kier alpha value is -1.88. The molecule has 0 N–H and O–H groups in total. The van der Waals surface area contributed by atoms with Crippen molar-refractivity contribution in [2.45, 2.75) is 12.5 Å². The van der Waals surface area contributed by atoms with Crippen LogP contribution in [0.5, 0.6) is 11.5 Å². The van der Waals surface area contributed by atoms with Crippen LogP contribution in [0.15, 0.2) is 40.9 Å². The highest BCUT2D eigenvalue weighted by Gasteiger charge is 2.28. The summed E-state index contributed by atoms with van der Waals surface area (Å²) >= 11 is 3.11. The van der Waals surface area contributed by atoms with Crippen LogP contribution >= 0.6 is 15.9 Å². The summed E-state index contributed by atoms with van der Waals surface area (Å²) in [5.41, 5.74) is 1.17. The highest BCUT2D eigenvalue weighted by Crippen LogP contribution is 2.37. The van der Waals surface area contributed by atoms with Crippen molar-refractivity contribution in [1.82, 2.24) is 0 Å². The summed E-state index contributed by atoms with van der Waals surface area (Å²) in [6.45, 7) is 0. The number of carbonyl (C=O) groups is 1. The van der Waals surface area contributed by atoms with Crippen LogP contribution < -0.4 is 9.47 Å². The van der Waals surface area contributed by atoms with Crippen LogP contribution in [0.1, 0.15) is 28.4 Å². The molecule has 1 aliphatic rings. The van der Waals surface area contributed by atoms with Gasteiger partial charge in [-0.1, -0.05) is 6.07 Å². The summed E-state index contributed by atoms with van der Waals surface area (Å²) < 4.78 is 25.0. The Kier molecular flexibility index (Phi) is 3.68. The number of ether oxygens (including phenoxy) is 2. The van der Waals surface area contributed by atoms with Gasteiger partial charge in [-0.05, 0) is 45.8 Å². The first-order valence-electron chi connectivity index (χ1n) is 6.41. The van der Waals surface area contributed by atoms with E-state index in [-0.39, 0.29) is 18.0 Å². The Morgan fingerprint density at radius 1 is 1.29 bits per heavy atom. The molecule has 3 nitrogen and oxygen atoms in total. The van der Waals surface area contributed by atoms with Crippen LogP contribution in [-0.4, -0.2) is 12.9 Å². The molecule has 108 valence electrons. The summed E-state index contributed by atoms with van der Waals surface area (Å²) in [7, 11) is 1.55. The lowest BCUT2D eigenvalue weighted by Gasteiger charge is -2.26. The monoisotopic (exact) mass is 350 g/mol. The first-order valence-corrected chi connectivity index (χ1v) is 7.20. The Morgan fingerprint density at radius 2 is 2.10 bits per heavy atom. The molecule has 0 saturated carbocycles. The fourth-order valence-electron chi connectivity index (χ4n) is 2.33. The molecular formula is C16H12BrFO3. The molecule has 1 unspecified atom stereocenters. The van der Waals surface area contributed by atoms with Crippen LogP contribution in [0.3, 0.4) is 0 Å². The smallest absolute Gasteiger partial charge is 0.170 e. The van der Waals surface area contributed by atoms with Gasteiger partial charge in [0.2, 0.25) is 0 Å². The van der Waals surface area contributed by atoms with E-state index in [9.17, 15) is 9.18 Å². The molecule has 0 aromatic heterocycles. The maximum absolute atomic E-state index is 13.6. The third-order valence-electron chi connectivity index (χ3n) is 3.44. The third kappa shape index (κ3) is 2.65. The number of halogens is 2. The number of fused-ring (bicyclic) bond motifs is 1. The largest absolute Gasteiger partial charge is 0.497 e. The number of hydrogen-bond acceptors (Lipinski definition) is 3. The molecule has 2 aromatic carbocycles. The van der Waals surface area contributed by atoms with Crippen molar-refractivity contribution in [3.63, 3.8) is 0 Å². The number of carbonyl (C=O) groups excluding carboxylic acids is 1. The van der Waals surface area contributed by atoms with Gasteiger partial charge in [0.25, 0.3) is 0 Å². The lowest BCUT2D eigenvalue weighted by molar-refractivity contribution is 0.0849. The fraction of sp³-hybridized carbons (Fsp3) is 0.188. The molecule has 1 aliphatic heterocycles. The number of ketones is 1. The highest BCUT2D eigenvalue weighted by molar-refractivity contribution is 9.10. The van der Waals surface area contributed by atoms with Crippen LogP contribution in [0.2, 0.25) is 0 Å². The van der Waals surface area contributed by atoms with E-state index in [2.05, 4.69) is 15.9 Å². The minimum atomic E-state index is -0.486. The topological polar surface area (TPSA) is 35.5 Å². The zero-order valence-corrected chi connectivity index (χ0v) is 12.8. The number of Topliss-reactive ketones (excluding diaryl/α,β-unsaturated/α-hetero) is 1. The summed E-state index contributed by atoms with van der Waals surface area (Å²) in [6.07, 6.45) is -0.292. The van der Waals surface area contributed by atoms with Crippen molar-refractivity contribution in [3.05, 3.63) is 57.8 Å². The molecule has 0 radical (unpaired) electrons. The van der Waals surface area contributed by atoms with E-state index in [4.69, 9.17) is 9.47 Å². The number of rotatable bonds is 2. The quantitative estimate of drug-likeness (QED) is 0.809. The lowest BCUT2D eigenvalue weighted by Crippen LogP contribution is -2.20. The molecular weight excluding hydrogens is 339 g/mol. The van der Waals surface area contributed by atoms with Crippen LogP contribution in [0.25, 0.3) is 0 Å². The van der Waals surface area contributed by atoms with Gasteiger partial charge in [-0.3, -0.25) is 4.79 Å². The highest BCUT2D eigenvalue weighted by atomic mass is 79.9. The Balaban J connectivity index is 1.96. The van der Waals surface area contributed by atoms with Crippen molar-refractivity contribution >= 4 is 21.7 Å². The Bertz CT molecular complexity index is 715. The van der Waals surface area contributed by atoms with Crippen molar-refractivity contribution in [3.8, 4) is 11.5 Å². The molecule has 21 heavy (non-hydrogen) atoms. The molecule has 5 heteroatoms. The number of methoxy groups -OCH3 is 1. The second-order valence-corrected chi connectivity index (χ2v) is 5.62. The molecule has 0 bridgehead atoms. The first-order chi connectivity index (χ1) is 10.1. The molecule has 3 rings (SSSR count). The molecule has 0 fully saturated rings. The van der Waals surface area contributed by atoms with E-state index in [0.717, 1.165) is 0 Å². The molecule has 1 heterocycles. The number of benzene rings is 2. The van der Waals surface area contributed by atoms with Gasteiger partial charge < -0.3 is 9.47 Å². The second kappa shape index (κ2) is 5.48. The minimum Gasteiger partial charge on any atom is -0.497 e. The fourth-order valence-corrected chi connectivity index (χ4v) is 2.58. The average molecular weight is 351 g/mol. The van der Waals surface area contributed by atoms with Crippen LogP contribution in [-0.2, 0) is 0 Å². The molecule has 0 amide bonds. The van der Waals surface area contributed by atoms with E-state index >= 15 is 0 Å². The van der Waals surface area contributed by atoms with Gasteiger partial charge in [0.15, 0.2) is 5.78 Å². The average Bonchev–Trinajstić information content (AvgIpc) is 2.49. The van der Waals surface area contributed by atoms with Gasteiger partial charge >= 0.3 is 0 Å². The van der Waals surface area contributed by atoms with E-state index in [1.165, 1.54) is 6.07 Å². The molecule has 2 aromatic rings. The second-order valence-electron chi connectivity index (χ2n) is 4.77. The lowest BCUT2D eigenvalue weighted by atomic mass is 9.96. The van der Waals surface area contributed by atoms with E-state index in [0.29, 0.717) is 27.1 Å². The zero-order valence-electron chi connectivity index (χ0n) is 11.2. The molecule has 0 aliphatic carbocycles. The summed E-state index contributed by atoms with van der Waals surface area (Å²) in [6, 6.07) is 9.83. The molecule has 0 saturated heterocycles. The van der Waals surface area contributed by atoms with Crippen molar-refractivity contribution in [1.29, 1.82) is 0 Å². The van der Waals surface area contributed by atoms with Gasteiger partial charge in [0, 0.05) is 6.07 Å². The van der Waals surface area contributed by atoms with Crippen molar-refractivity contribution in [2.24, 2.45) is 0 Å². The van der Waals surface area contributed by atoms with Gasteiger partial charge in [-0.25, -0.2) is 4.39 Å². The summed E-state index contributed by atoms with van der Waals surface area (Å²) in [5.74, 6) is 0.690. The normalized spacial score (nSPS) is 17.1. The van der Waals surface area contributed by atoms with Crippen LogP contribution in [0.4, 0.5) is 4.39 Å². The van der Waals surface area contributed by atoms with Crippen LogP contribution in [0, 0.1) is 5.82 Å². The first kappa shape index (κ1) is 14.1. The summed E-state index contributed by atoms with van der Waals surface area (Å²) in [4.78, 5) is 12.2. The maximum atomic E-state index is 13.6. The molecule has 1 atom stereocenters. The number of hydrogen-bond donors (Lipinski definition) is 0. The SMILES string of the molecule is COc1ccc2c(c1)OC(c1ccc(Br)c(F)c1)CC2=O. The zero-order chi connectivity index (χ0) is 15.0. The van der Waals surface area contributed by atoms with Gasteiger partial charge in [0.1, 0.15) is 23.4 Å².